The summed E-state index contributed by atoms with van der Waals surface area (Å²) < 4.78 is 33.8. The summed E-state index contributed by atoms with van der Waals surface area (Å²) in [6, 6.07) is 11.7. The Morgan fingerprint density at radius 3 is 2.44 bits per heavy atom. The highest BCUT2D eigenvalue weighted by Crippen LogP contribution is 2.22. The van der Waals surface area contributed by atoms with E-state index in [0.717, 1.165) is 5.56 Å². The third-order valence-corrected chi connectivity index (χ3v) is 7.10. The van der Waals surface area contributed by atoms with E-state index in [4.69, 9.17) is 4.74 Å². The summed E-state index contributed by atoms with van der Waals surface area (Å²) in [5.74, 6) is 0.0544. The Balaban J connectivity index is 1.69. The second kappa shape index (κ2) is 10.9. The van der Waals surface area contributed by atoms with Crippen molar-refractivity contribution in [3.05, 3.63) is 59.2 Å². The number of nitrogens with one attached hydrogen (secondary N) is 1. The van der Waals surface area contributed by atoms with Crippen molar-refractivity contribution in [3.63, 3.8) is 0 Å². The van der Waals surface area contributed by atoms with Crippen LogP contribution in [-0.4, -0.2) is 63.0 Å². The summed E-state index contributed by atoms with van der Waals surface area (Å²) in [4.78, 5) is 28.9. The van der Waals surface area contributed by atoms with Gasteiger partial charge >= 0.3 is 6.09 Å². The predicted octanol–water partition coefficient (Wildman–Crippen LogP) is 4.04. The molecular weight excluding hydrogens is 454 g/mol. The van der Waals surface area contributed by atoms with Gasteiger partial charge in [0.25, 0.3) is 15.9 Å². The number of carbonyl (C=O) groups excluding carboxylic acids is 2. The molecule has 0 bridgehead atoms. The van der Waals surface area contributed by atoms with Crippen LogP contribution in [0.1, 0.15) is 41.8 Å². The SMILES string of the molecule is Cc1ccc(C)c(S(=O)(=O)Nc2cccc(C(=O)N3CCCN(C(=O)OCC(C)C)CC3)c2)c1. The molecule has 1 saturated heterocycles. The van der Waals surface area contributed by atoms with Crippen LogP contribution in [-0.2, 0) is 14.8 Å². The molecule has 1 fully saturated rings. The summed E-state index contributed by atoms with van der Waals surface area (Å²) in [5, 5.41) is 0. The summed E-state index contributed by atoms with van der Waals surface area (Å²) in [7, 11) is -3.80. The lowest BCUT2D eigenvalue weighted by Gasteiger charge is -2.22. The van der Waals surface area contributed by atoms with Gasteiger partial charge in [-0.25, -0.2) is 13.2 Å². The van der Waals surface area contributed by atoms with Crippen LogP contribution in [0.2, 0.25) is 0 Å². The van der Waals surface area contributed by atoms with E-state index in [9.17, 15) is 18.0 Å². The van der Waals surface area contributed by atoms with Crippen LogP contribution >= 0.6 is 0 Å². The number of benzene rings is 2. The third kappa shape index (κ3) is 6.50. The lowest BCUT2D eigenvalue weighted by molar-refractivity contribution is 0.0746. The molecule has 2 aromatic rings. The molecule has 1 N–H and O–H groups in total. The van der Waals surface area contributed by atoms with E-state index < -0.39 is 10.0 Å². The van der Waals surface area contributed by atoms with Gasteiger partial charge in [-0.05, 0) is 61.6 Å². The normalized spacial score (nSPS) is 14.6. The van der Waals surface area contributed by atoms with E-state index >= 15 is 0 Å². The summed E-state index contributed by atoms with van der Waals surface area (Å²) in [6.45, 7) is 9.71. The lowest BCUT2D eigenvalue weighted by atomic mass is 10.1. The van der Waals surface area contributed by atoms with Crippen molar-refractivity contribution in [2.45, 2.75) is 39.0 Å². The van der Waals surface area contributed by atoms with Gasteiger partial charge in [-0.1, -0.05) is 32.0 Å². The quantitative estimate of drug-likeness (QED) is 0.663. The molecule has 0 atom stereocenters. The first-order valence-electron chi connectivity index (χ1n) is 11.5. The van der Waals surface area contributed by atoms with E-state index in [2.05, 4.69) is 4.72 Å². The van der Waals surface area contributed by atoms with Crippen molar-refractivity contribution in [2.75, 3.05) is 37.5 Å². The molecule has 1 aliphatic heterocycles. The Hall–Kier alpha value is -3.07. The van der Waals surface area contributed by atoms with E-state index in [-0.39, 0.29) is 22.8 Å². The maximum atomic E-state index is 13.1. The van der Waals surface area contributed by atoms with Crippen molar-refractivity contribution in [1.82, 2.24) is 9.80 Å². The number of ether oxygens (including phenoxy) is 1. The number of anilines is 1. The summed E-state index contributed by atoms with van der Waals surface area (Å²) in [5.41, 5.74) is 2.20. The average Bonchev–Trinajstić information content (AvgIpc) is 3.05. The molecule has 2 amide bonds. The van der Waals surface area contributed by atoms with Gasteiger partial charge in [0.1, 0.15) is 0 Å². The second-order valence-electron chi connectivity index (χ2n) is 9.06. The molecule has 0 aromatic heterocycles. The zero-order valence-corrected chi connectivity index (χ0v) is 21.0. The maximum Gasteiger partial charge on any atom is 0.409 e. The number of aryl methyl sites for hydroxylation is 2. The number of hydrogen-bond acceptors (Lipinski definition) is 5. The Kier molecular flexibility index (Phi) is 8.19. The Bertz CT molecular complexity index is 1150. The summed E-state index contributed by atoms with van der Waals surface area (Å²) in [6.07, 6.45) is 0.285. The second-order valence-corrected chi connectivity index (χ2v) is 10.7. The first-order valence-corrected chi connectivity index (χ1v) is 13.0. The molecule has 3 rings (SSSR count). The average molecular weight is 488 g/mol. The van der Waals surface area contributed by atoms with Gasteiger partial charge in [0.15, 0.2) is 0 Å². The zero-order chi connectivity index (χ0) is 24.9. The number of nitrogens with zero attached hydrogens (tertiary/aromatic N) is 2. The Morgan fingerprint density at radius 1 is 1.00 bits per heavy atom. The van der Waals surface area contributed by atoms with Crippen molar-refractivity contribution >= 4 is 27.7 Å². The number of rotatable bonds is 6. The van der Waals surface area contributed by atoms with E-state index in [1.807, 2.05) is 26.8 Å². The van der Waals surface area contributed by atoms with Crippen LogP contribution in [0, 0.1) is 19.8 Å². The van der Waals surface area contributed by atoms with E-state index in [0.29, 0.717) is 56.0 Å². The standard InChI is InChI=1S/C25H33N3O5S/c1-18(2)17-33-25(30)28-12-6-11-27(13-14-28)24(29)21-7-5-8-22(16-21)26-34(31,32)23-15-19(3)9-10-20(23)4/h5,7-10,15-16,18,26H,6,11-14,17H2,1-4H3. The van der Waals surface area contributed by atoms with Gasteiger partial charge < -0.3 is 14.5 Å². The van der Waals surface area contributed by atoms with Gasteiger partial charge in [0.05, 0.1) is 11.5 Å². The van der Waals surface area contributed by atoms with Crippen LogP contribution in [0.5, 0.6) is 0 Å². The topological polar surface area (TPSA) is 96.0 Å². The molecule has 34 heavy (non-hydrogen) atoms. The fraction of sp³-hybridized carbons (Fsp3) is 0.440. The zero-order valence-electron chi connectivity index (χ0n) is 20.2. The molecule has 0 saturated carbocycles. The van der Waals surface area contributed by atoms with Crippen LogP contribution < -0.4 is 4.72 Å². The highest BCUT2D eigenvalue weighted by atomic mass is 32.2. The van der Waals surface area contributed by atoms with E-state index in [1.54, 1.807) is 53.1 Å². The van der Waals surface area contributed by atoms with Crippen molar-refractivity contribution in [1.29, 1.82) is 0 Å². The Labute approximate surface area is 201 Å². The van der Waals surface area contributed by atoms with Gasteiger partial charge in [0, 0.05) is 37.4 Å². The molecule has 0 unspecified atom stereocenters. The number of carbonyl (C=O) groups is 2. The minimum absolute atomic E-state index is 0.204. The Morgan fingerprint density at radius 2 is 1.71 bits per heavy atom. The maximum absolute atomic E-state index is 13.1. The lowest BCUT2D eigenvalue weighted by Crippen LogP contribution is -2.38. The first kappa shape index (κ1) is 25.6. The molecule has 0 spiro atoms. The molecule has 0 aliphatic carbocycles. The third-order valence-electron chi connectivity index (χ3n) is 5.58. The number of sulfonamides is 1. The largest absolute Gasteiger partial charge is 0.449 e. The highest BCUT2D eigenvalue weighted by Gasteiger charge is 2.24. The van der Waals surface area contributed by atoms with E-state index in [1.165, 1.54) is 0 Å². The molecule has 2 aromatic carbocycles. The molecule has 1 heterocycles. The highest BCUT2D eigenvalue weighted by molar-refractivity contribution is 7.92. The van der Waals surface area contributed by atoms with Crippen LogP contribution in [0.15, 0.2) is 47.4 Å². The van der Waals surface area contributed by atoms with Crippen LogP contribution in [0.4, 0.5) is 10.5 Å². The van der Waals surface area contributed by atoms with Crippen LogP contribution in [0.3, 0.4) is 0 Å². The molecule has 9 heteroatoms. The predicted molar refractivity (Wildman–Crippen MR) is 131 cm³/mol. The summed E-state index contributed by atoms with van der Waals surface area (Å²) >= 11 is 0. The van der Waals surface area contributed by atoms with Gasteiger partial charge in [0.2, 0.25) is 0 Å². The smallest absolute Gasteiger partial charge is 0.409 e. The molecule has 0 radical (unpaired) electrons. The fourth-order valence-electron chi connectivity index (χ4n) is 3.74. The molecule has 8 nitrogen and oxygen atoms in total. The number of hydrogen-bond donors (Lipinski definition) is 1. The van der Waals surface area contributed by atoms with Gasteiger partial charge in [-0.2, -0.15) is 0 Å². The van der Waals surface area contributed by atoms with Crippen molar-refractivity contribution in [3.8, 4) is 0 Å². The first-order chi connectivity index (χ1) is 16.1. The van der Waals surface area contributed by atoms with Crippen LogP contribution in [0.25, 0.3) is 0 Å². The van der Waals surface area contributed by atoms with Gasteiger partial charge in [-0.3, -0.25) is 9.52 Å². The molecule has 184 valence electrons. The minimum atomic E-state index is -3.80. The van der Waals surface area contributed by atoms with Crippen molar-refractivity contribution < 1.29 is 22.7 Å². The number of amides is 2. The monoisotopic (exact) mass is 487 g/mol. The minimum Gasteiger partial charge on any atom is -0.449 e. The van der Waals surface area contributed by atoms with Gasteiger partial charge in [-0.15, -0.1) is 0 Å². The molecule has 1 aliphatic rings. The fourth-order valence-corrected chi connectivity index (χ4v) is 5.12. The molecular formula is C25H33N3O5S. The van der Waals surface area contributed by atoms with Crippen molar-refractivity contribution in [2.24, 2.45) is 5.92 Å².